The van der Waals surface area contributed by atoms with Crippen molar-refractivity contribution in [3.8, 4) is 11.8 Å². The van der Waals surface area contributed by atoms with E-state index in [-0.39, 0.29) is 28.5 Å². The zero-order valence-electron chi connectivity index (χ0n) is 38.2. The highest BCUT2D eigenvalue weighted by atomic mass is 32.2. The van der Waals surface area contributed by atoms with Crippen LogP contribution in [0.25, 0.3) is 0 Å². The summed E-state index contributed by atoms with van der Waals surface area (Å²) in [6.45, 7) is 35.2. The third kappa shape index (κ3) is 20.2. The summed E-state index contributed by atoms with van der Waals surface area (Å²) < 4.78 is 5.99. The molecule has 0 aromatic heterocycles. The van der Waals surface area contributed by atoms with E-state index in [2.05, 4.69) is 117 Å². The number of hydrogen-bond donors (Lipinski definition) is 1. The van der Waals surface area contributed by atoms with Crippen LogP contribution < -0.4 is 0 Å². The average molecular weight is 831 g/mol. The van der Waals surface area contributed by atoms with Crippen LogP contribution in [0.5, 0.6) is 0 Å². The molecule has 1 N–H and O–H groups in total. The number of aliphatic carboxylic acids is 1. The third-order valence-corrected chi connectivity index (χ3v) is 13.7. The number of carboxylic acids is 1. The van der Waals surface area contributed by atoms with E-state index in [4.69, 9.17) is 22.1 Å². The summed E-state index contributed by atoms with van der Waals surface area (Å²) in [6, 6.07) is 11.0. The lowest BCUT2D eigenvalue weighted by molar-refractivity contribution is -0.155. The van der Waals surface area contributed by atoms with Crippen molar-refractivity contribution in [2.45, 2.75) is 153 Å². The summed E-state index contributed by atoms with van der Waals surface area (Å²) in [7, 11) is 1.35. The molecule has 1 rings (SSSR count). The number of hydrogen-bond acceptors (Lipinski definition) is 7. The highest BCUT2D eigenvalue weighted by molar-refractivity contribution is 8.47. The van der Waals surface area contributed by atoms with Gasteiger partial charge in [0.2, 0.25) is 0 Å². The standard InChI is InChI=1S/C21H34S3.C16H24O3.C7H10O2.C4H10/c1-9-19(2,3)20(4,5)15-17(16-13-11-10-12-14-16)21(6,7)24-18(22)23-8;1-6-9-13(10-7-2)14(8-3)16(4,11-12-17)15(18)19-5;1-4-5-7(2,3)6(8)9;1-3-4-2/h10-14,17H,9,15H2,1-8H3;6-7,9-10,12,14H,1,8,11H2,2-5H3;1-3H3,(H,8,9);3-4H2,1-2H3/b;10-7-,13-9+;;. The van der Waals surface area contributed by atoms with E-state index in [1.165, 1.54) is 31.9 Å². The van der Waals surface area contributed by atoms with Gasteiger partial charge < -0.3 is 14.6 Å². The number of thioether (sulfide) groups is 2. The first-order valence-electron chi connectivity index (χ1n) is 19.9. The van der Waals surface area contributed by atoms with Crippen LogP contribution in [0.15, 0.2) is 66.8 Å². The van der Waals surface area contributed by atoms with Gasteiger partial charge in [0.15, 0.2) is 0 Å². The van der Waals surface area contributed by atoms with Crippen LogP contribution in [0.1, 0.15) is 154 Å². The molecule has 0 aliphatic carbocycles. The second-order valence-corrected chi connectivity index (χ2v) is 20.1. The van der Waals surface area contributed by atoms with Crippen LogP contribution >= 0.6 is 35.7 Å². The Hall–Kier alpha value is -2.60. The molecule has 1 aromatic carbocycles. The molecular formula is C48H78O5S3. The molecular weight excluding hydrogens is 753 g/mol. The second-order valence-electron chi connectivity index (χ2n) is 16.4. The predicted molar refractivity (Wildman–Crippen MR) is 253 cm³/mol. The van der Waals surface area contributed by atoms with E-state index < -0.39 is 16.8 Å². The molecule has 0 saturated heterocycles. The minimum Gasteiger partial charge on any atom is -0.480 e. The number of thiocarbonyl (C=S) groups is 1. The molecule has 0 fully saturated rings. The Labute approximate surface area is 358 Å². The molecule has 56 heavy (non-hydrogen) atoms. The van der Waals surface area contributed by atoms with Crippen molar-refractivity contribution >= 4 is 57.5 Å². The Morgan fingerprint density at radius 2 is 1.50 bits per heavy atom. The van der Waals surface area contributed by atoms with Crippen LogP contribution in [0.3, 0.4) is 0 Å². The first-order valence-corrected chi connectivity index (χ1v) is 22.3. The third-order valence-electron chi connectivity index (χ3n) is 10.9. The zero-order valence-corrected chi connectivity index (χ0v) is 40.6. The molecule has 3 unspecified atom stereocenters. The molecule has 3 atom stereocenters. The van der Waals surface area contributed by atoms with Gasteiger partial charge in [-0.15, -0.1) is 29.4 Å². The molecule has 318 valence electrons. The highest BCUT2D eigenvalue weighted by Crippen LogP contribution is 2.52. The lowest BCUT2D eigenvalue weighted by atomic mass is 9.61. The number of benzene rings is 1. The average Bonchev–Trinajstić information content (AvgIpc) is 3.14. The molecule has 0 saturated carbocycles. The van der Waals surface area contributed by atoms with Gasteiger partial charge in [-0.25, -0.2) is 0 Å². The Balaban J connectivity index is -0.000000776. The zero-order chi connectivity index (χ0) is 44.4. The Bertz CT molecular complexity index is 1440. The number of unbranched alkanes of at least 4 members (excludes halogenated alkanes) is 1. The smallest absolute Gasteiger partial charge is 0.321 e. The van der Waals surface area contributed by atoms with Gasteiger partial charge in [0.25, 0.3) is 0 Å². The number of allylic oxidation sites excluding steroid dienone is 5. The minimum absolute atomic E-state index is 0.0720. The first kappa shape index (κ1) is 57.7. The summed E-state index contributed by atoms with van der Waals surface area (Å²) in [6.07, 6.45) is 16.2. The summed E-state index contributed by atoms with van der Waals surface area (Å²) in [4.78, 5) is 33.3. The summed E-state index contributed by atoms with van der Waals surface area (Å²) in [5.74, 6) is 4.28. The van der Waals surface area contributed by atoms with Crippen molar-refractivity contribution < 1.29 is 24.2 Å². The van der Waals surface area contributed by atoms with E-state index >= 15 is 0 Å². The fourth-order valence-corrected chi connectivity index (χ4v) is 8.27. The summed E-state index contributed by atoms with van der Waals surface area (Å²) >= 11 is 9.08. The molecule has 0 heterocycles. The minimum atomic E-state index is -0.894. The molecule has 1 aromatic rings. The highest BCUT2D eigenvalue weighted by Gasteiger charge is 2.43. The van der Waals surface area contributed by atoms with E-state index in [1.807, 2.05) is 43.8 Å². The number of carboxylic acid groups (broad SMARTS) is 1. The molecule has 8 heteroatoms. The predicted octanol–water partition coefficient (Wildman–Crippen LogP) is 14.2. The number of ether oxygens (including phenoxy) is 1. The molecule has 0 amide bonds. The van der Waals surface area contributed by atoms with Gasteiger partial charge in [0.1, 0.15) is 15.2 Å². The molecule has 0 spiro atoms. The van der Waals surface area contributed by atoms with Crippen molar-refractivity contribution in [3.63, 3.8) is 0 Å². The monoisotopic (exact) mass is 831 g/mol. The fourth-order valence-electron chi connectivity index (χ4n) is 5.85. The second kappa shape index (κ2) is 28.7. The number of aldehydes is 1. The van der Waals surface area contributed by atoms with Gasteiger partial charge in [0, 0.05) is 11.2 Å². The van der Waals surface area contributed by atoms with Crippen molar-refractivity contribution in [3.05, 3.63) is 72.4 Å². The van der Waals surface area contributed by atoms with Gasteiger partial charge >= 0.3 is 11.9 Å². The maximum absolute atomic E-state index is 12.1. The summed E-state index contributed by atoms with van der Waals surface area (Å²) in [5.41, 5.74) is 1.23. The number of esters is 1. The van der Waals surface area contributed by atoms with Crippen LogP contribution in [0.2, 0.25) is 0 Å². The van der Waals surface area contributed by atoms with Gasteiger partial charge in [-0.1, -0.05) is 154 Å². The first-order chi connectivity index (χ1) is 25.9. The SMILES string of the molecule is C=C/C=C(\C=C/C)C(CC)C(C)(CC=O)C(=O)OC.CC#CC(C)(C)C(=O)O.CCC(C)(C)C(C)(C)CC(c1ccccc1)C(C)(C)SC(=S)SC.CCCC. The van der Waals surface area contributed by atoms with Crippen molar-refractivity contribution in [1.82, 2.24) is 0 Å². The van der Waals surface area contributed by atoms with Crippen LogP contribution in [0.4, 0.5) is 0 Å². The maximum Gasteiger partial charge on any atom is 0.321 e. The van der Waals surface area contributed by atoms with Crippen LogP contribution in [-0.4, -0.2) is 45.0 Å². The normalized spacial score (nSPS) is 14.0. The van der Waals surface area contributed by atoms with Crippen molar-refractivity contribution in [1.29, 1.82) is 0 Å². The summed E-state index contributed by atoms with van der Waals surface area (Å²) in [5, 5.41) is 8.47. The molecule has 0 radical (unpaired) electrons. The van der Waals surface area contributed by atoms with E-state index in [9.17, 15) is 14.4 Å². The van der Waals surface area contributed by atoms with Crippen LogP contribution in [0, 0.1) is 39.4 Å². The van der Waals surface area contributed by atoms with E-state index in [1.54, 1.807) is 45.5 Å². The van der Waals surface area contributed by atoms with Gasteiger partial charge in [-0.3, -0.25) is 9.59 Å². The van der Waals surface area contributed by atoms with Gasteiger partial charge in [-0.05, 0) is 101 Å². The van der Waals surface area contributed by atoms with E-state index in [0.29, 0.717) is 11.3 Å². The Morgan fingerprint density at radius 3 is 1.84 bits per heavy atom. The van der Waals surface area contributed by atoms with E-state index in [0.717, 1.165) is 28.2 Å². The lowest BCUT2D eigenvalue weighted by Crippen LogP contribution is -2.38. The fraction of sp³-hybridized carbons (Fsp3) is 0.625. The van der Waals surface area contributed by atoms with Gasteiger partial charge in [-0.2, -0.15) is 0 Å². The van der Waals surface area contributed by atoms with Gasteiger partial charge in [0.05, 0.1) is 12.5 Å². The number of carbonyl (C=O) groups is 3. The number of methoxy groups -OCH3 is 1. The van der Waals surface area contributed by atoms with Crippen molar-refractivity contribution in [2.75, 3.05) is 13.4 Å². The quantitative estimate of drug-likeness (QED) is 0.0547. The Kier molecular flexibility index (Phi) is 29.6. The number of rotatable bonds is 17. The molecule has 0 bridgehead atoms. The topological polar surface area (TPSA) is 80.7 Å². The van der Waals surface area contributed by atoms with Crippen molar-refractivity contribution in [2.24, 2.45) is 27.6 Å². The Morgan fingerprint density at radius 1 is 0.964 bits per heavy atom. The number of carbonyl (C=O) groups excluding carboxylic acids is 2. The molecule has 0 aliphatic rings. The lowest BCUT2D eigenvalue weighted by Gasteiger charge is -2.46. The maximum atomic E-state index is 12.1. The van der Waals surface area contributed by atoms with Crippen LogP contribution in [-0.2, 0) is 19.1 Å². The largest absolute Gasteiger partial charge is 0.480 e. The molecule has 5 nitrogen and oxygen atoms in total. The molecule has 0 aliphatic heterocycles.